The third-order valence-electron chi connectivity index (χ3n) is 3.23. The number of piperidine rings is 1. The second kappa shape index (κ2) is 5.67. The summed E-state index contributed by atoms with van der Waals surface area (Å²) in [6.45, 7) is 1.31. The summed E-state index contributed by atoms with van der Waals surface area (Å²) in [5.74, 6) is -0.547. The van der Waals surface area contributed by atoms with Crippen molar-refractivity contribution in [3.05, 3.63) is 34.6 Å². The molecule has 1 atom stereocenters. The Morgan fingerprint density at radius 1 is 1.56 bits per heavy atom. The Kier molecular flexibility index (Phi) is 4.19. The predicted octanol–water partition coefficient (Wildman–Crippen LogP) is 2.32. The Labute approximate surface area is 110 Å². The van der Waals surface area contributed by atoms with Crippen molar-refractivity contribution in [3.8, 4) is 0 Å². The lowest BCUT2D eigenvalue weighted by Gasteiger charge is -2.31. The van der Waals surface area contributed by atoms with Crippen molar-refractivity contribution in [2.45, 2.75) is 12.8 Å². The largest absolute Gasteiger partial charge is 0.396 e. The van der Waals surface area contributed by atoms with Crippen LogP contribution >= 0.6 is 11.6 Å². The van der Waals surface area contributed by atoms with Crippen molar-refractivity contribution in [1.82, 2.24) is 4.90 Å². The van der Waals surface area contributed by atoms with Crippen LogP contribution in [0.4, 0.5) is 4.39 Å². The van der Waals surface area contributed by atoms with Crippen LogP contribution in [-0.2, 0) is 0 Å². The lowest BCUT2D eigenvalue weighted by atomic mass is 9.98. The number of likely N-dealkylation sites (tertiary alicyclic amines) is 1. The van der Waals surface area contributed by atoms with Gasteiger partial charge in [-0.1, -0.05) is 11.6 Å². The quantitative estimate of drug-likeness (QED) is 0.897. The molecule has 1 unspecified atom stereocenters. The Bertz CT molecular complexity index is 453. The first-order chi connectivity index (χ1) is 8.61. The van der Waals surface area contributed by atoms with E-state index in [1.165, 1.54) is 18.2 Å². The molecule has 18 heavy (non-hydrogen) atoms. The number of aliphatic hydroxyl groups excluding tert-OH is 1. The molecule has 3 nitrogen and oxygen atoms in total. The highest BCUT2D eigenvalue weighted by molar-refractivity contribution is 6.31. The molecular weight excluding hydrogens is 257 g/mol. The molecule has 0 saturated carbocycles. The molecule has 0 bridgehead atoms. The number of nitrogens with zero attached hydrogens (tertiary/aromatic N) is 1. The Morgan fingerprint density at radius 2 is 2.33 bits per heavy atom. The number of halogens is 2. The van der Waals surface area contributed by atoms with Crippen LogP contribution in [0, 0.1) is 11.7 Å². The van der Waals surface area contributed by atoms with E-state index in [0.29, 0.717) is 18.7 Å². The average molecular weight is 272 g/mol. The van der Waals surface area contributed by atoms with Gasteiger partial charge in [0, 0.05) is 25.3 Å². The zero-order chi connectivity index (χ0) is 13.1. The van der Waals surface area contributed by atoms with Crippen LogP contribution in [0.3, 0.4) is 0 Å². The lowest BCUT2D eigenvalue weighted by Crippen LogP contribution is -2.40. The number of rotatable bonds is 2. The number of hydrogen-bond donors (Lipinski definition) is 1. The smallest absolute Gasteiger partial charge is 0.253 e. The second-order valence-electron chi connectivity index (χ2n) is 4.57. The van der Waals surface area contributed by atoms with E-state index in [0.717, 1.165) is 12.8 Å². The van der Waals surface area contributed by atoms with Crippen molar-refractivity contribution < 1.29 is 14.3 Å². The SMILES string of the molecule is O=C(c1ccc(F)c(Cl)c1)N1CCCC(CO)C1. The number of carbonyl (C=O) groups is 1. The molecule has 0 radical (unpaired) electrons. The fraction of sp³-hybridized carbons (Fsp3) is 0.462. The predicted molar refractivity (Wildman–Crippen MR) is 67.1 cm³/mol. The van der Waals surface area contributed by atoms with Crippen LogP contribution in [0.15, 0.2) is 18.2 Å². The molecule has 98 valence electrons. The van der Waals surface area contributed by atoms with Gasteiger partial charge in [-0.3, -0.25) is 4.79 Å². The Hall–Kier alpha value is -1.13. The molecule has 1 saturated heterocycles. The first-order valence-corrected chi connectivity index (χ1v) is 6.35. The van der Waals surface area contributed by atoms with Gasteiger partial charge in [0.25, 0.3) is 5.91 Å². The maximum Gasteiger partial charge on any atom is 0.253 e. The first kappa shape index (κ1) is 13.3. The van der Waals surface area contributed by atoms with Crippen LogP contribution in [0.2, 0.25) is 5.02 Å². The fourth-order valence-corrected chi connectivity index (χ4v) is 2.39. The highest BCUT2D eigenvalue weighted by atomic mass is 35.5. The van der Waals surface area contributed by atoms with E-state index >= 15 is 0 Å². The highest BCUT2D eigenvalue weighted by Crippen LogP contribution is 2.21. The highest BCUT2D eigenvalue weighted by Gasteiger charge is 2.24. The summed E-state index contributed by atoms with van der Waals surface area (Å²) in [5.41, 5.74) is 0.389. The van der Waals surface area contributed by atoms with E-state index in [2.05, 4.69) is 0 Å². The molecule has 1 aliphatic rings. The van der Waals surface area contributed by atoms with Gasteiger partial charge in [-0.2, -0.15) is 0 Å². The van der Waals surface area contributed by atoms with Gasteiger partial charge in [0.2, 0.25) is 0 Å². The van der Waals surface area contributed by atoms with Crippen LogP contribution in [0.1, 0.15) is 23.2 Å². The van der Waals surface area contributed by atoms with Crippen LogP contribution in [-0.4, -0.2) is 35.6 Å². The summed E-state index contributed by atoms with van der Waals surface area (Å²) in [5, 5.41) is 9.09. The summed E-state index contributed by atoms with van der Waals surface area (Å²) in [6.07, 6.45) is 1.82. The van der Waals surface area contributed by atoms with Crippen molar-refractivity contribution in [1.29, 1.82) is 0 Å². The minimum absolute atomic E-state index is 0.0448. The van der Waals surface area contributed by atoms with Gasteiger partial charge in [0.15, 0.2) is 0 Å². The minimum atomic E-state index is -0.528. The normalized spacial score (nSPS) is 19.9. The first-order valence-electron chi connectivity index (χ1n) is 5.97. The summed E-state index contributed by atoms with van der Waals surface area (Å²) in [7, 11) is 0. The molecule has 1 aromatic rings. The van der Waals surface area contributed by atoms with Crippen molar-refractivity contribution in [3.63, 3.8) is 0 Å². The van der Waals surface area contributed by atoms with E-state index in [4.69, 9.17) is 16.7 Å². The van der Waals surface area contributed by atoms with E-state index in [1.54, 1.807) is 4.90 Å². The van der Waals surface area contributed by atoms with Crippen molar-refractivity contribution in [2.75, 3.05) is 19.7 Å². The molecule has 1 aromatic carbocycles. The number of benzene rings is 1. The topological polar surface area (TPSA) is 40.5 Å². The maximum atomic E-state index is 13.0. The van der Waals surface area contributed by atoms with Gasteiger partial charge >= 0.3 is 0 Å². The van der Waals surface area contributed by atoms with Gasteiger partial charge in [-0.05, 0) is 37.0 Å². The van der Waals surface area contributed by atoms with Gasteiger partial charge in [-0.15, -0.1) is 0 Å². The third kappa shape index (κ3) is 2.82. The number of hydrogen-bond acceptors (Lipinski definition) is 2. The van der Waals surface area contributed by atoms with Gasteiger partial charge in [0.1, 0.15) is 5.82 Å². The van der Waals surface area contributed by atoms with Gasteiger partial charge in [-0.25, -0.2) is 4.39 Å². The Morgan fingerprint density at radius 3 is 3.00 bits per heavy atom. The van der Waals surface area contributed by atoms with E-state index < -0.39 is 5.82 Å². The molecule has 1 fully saturated rings. The molecule has 5 heteroatoms. The summed E-state index contributed by atoms with van der Waals surface area (Å²) < 4.78 is 13.0. The van der Waals surface area contributed by atoms with Gasteiger partial charge in [0.05, 0.1) is 5.02 Å². The van der Waals surface area contributed by atoms with E-state index in [1.807, 2.05) is 0 Å². The number of carbonyl (C=O) groups excluding carboxylic acids is 1. The molecule has 0 aliphatic carbocycles. The summed E-state index contributed by atoms with van der Waals surface area (Å²) in [6, 6.07) is 3.98. The maximum absolute atomic E-state index is 13.0. The molecule has 1 aliphatic heterocycles. The summed E-state index contributed by atoms with van der Waals surface area (Å²) in [4.78, 5) is 13.9. The average Bonchev–Trinajstić information content (AvgIpc) is 2.41. The zero-order valence-corrected chi connectivity index (χ0v) is 10.7. The lowest BCUT2D eigenvalue weighted by molar-refractivity contribution is 0.0620. The van der Waals surface area contributed by atoms with Crippen LogP contribution in [0.5, 0.6) is 0 Å². The zero-order valence-electron chi connectivity index (χ0n) is 9.90. The van der Waals surface area contributed by atoms with E-state index in [-0.39, 0.29) is 23.5 Å². The van der Waals surface area contributed by atoms with Crippen molar-refractivity contribution >= 4 is 17.5 Å². The molecule has 0 aromatic heterocycles. The molecule has 1 N–H and O–H groups in total. The molecular formula is C13H15ClFNO2. The van der Waals surface area contributed by atoms with Crippen LogP contribution < -0.4 is 0 Å². The number of amides is 1. The standard InChI is InChI=1S/C13H15ClFNO2/c14-11-6-10(3-4-12(11)15)13(18)16-5-1-2-9(7-16)8-17/h3-4,6,9,17H,1-2,5,7-8H2. The van der Waals surface area contributed by atoms with Crippen LogP contribution in [0.25, 0.3) is 0 Å². The number of aliphatic hydroxyl groups is 1. The molecule has 1 heterocycles. The van der Waals surface area contributed by atoms with Crippen molar-refractivity contribution in [2.24, 2.45) is 5.92 Å². The second-order valence-corrected chi connectivity index (χ2v) is 4.98. The van der Waals surface area contributed by atoms with Gasteiger partial charge < -0.3 is 10.0 Å². The monoisotopic (exact) mass is 271 g/mol. The Balaban J connectivity index is 2.12. The summed E-state index contributed by atoms with van der Waals surface area (Å²) >= 11 is 5.67. The molecule has 2 rings (SSSR count). The minimum Gasteiger partial charge on any atom is -0.396 e. The van der Waals surface area contributed by atoms with E-state index in [9.17, 15) is 9.18 Å². The third-order valence-corrected chi connectivity index (χ3v) is 3.52. The molecule has 0 spiro atoms. The molecule has 1 amide bonds. The fourth-order valence-electron chi connectivity index (χ4n) is 2.21.